The fourth-order valence-corrected chi connectivity index (χ4v) is 2.22. The zero-order valence-corrected chi connectivity index (χ0v) is 8.94. The van der Waals surface area contributed by atoms with Gasteiger partial charge in [-0.25, -0.2) is 0 Å². The van der Waals surface area contributed by atoms with Crippen LogP contribution in [0.2, 0.25) is 0 Å². The SMILES string of the molecule is COc1cccc2c1CCC[C@@H](N)[C@H]2O. The Bertz CT molecular complexity index is 351. The Morgan fingerprint density at radius 1 is 1.47 bits per heavy atom. The first-order valence-electron chi connectivity index (χ1n) is 5.33. The number of aliphatic hydroxyl groups is 1. The lowest BCUT2D eigenvalue weighted by molar-refractivity contribution is 0.144. The molecule has 0 aliphatic heterocycles. The van der Waals surface area contributed by atoms with Gasteiger partial charge in [0.25, 0.3) is 0 Å². The molecule has 0 bridgehead atoms. The fourth-order valence-electron chi connectivity index (χ4n) is 2.22. The molecule has 0 amide bonds. The maximum absolute atomic E-state index is 10.0. The molecular formula is C12H17NO2. The third-order valence-corrected chi connectivity index (χ3v) is 3.08. The first kappa shape index (κ1) is 10.5. The number of ether oxygens (including phenoxy) is 1. The topological polar surface area (TPSA) is 55.5 Å². The Kier molecular flexibility index (Phi) is 2.93. The maximum Gasteiger partial charge on any atom is 0.122 e. The van der Waals surface area contributed by atoms with Crippen LogP contribution in [0, 0.1) is 0 Å². The van der Waals surface area contributed by atoms with E-state index in [1.165, 1.54) is 0 Å². The van der Waals surface area contributed by atoms with Crippen LogP contribution in [-0.2, 0) is 6.42 Å². The first-order chi connectivity index (χ1) is 7.24. The maximum atomic E-state index is 10.0. The van der Waals surface area contributed by atoms with Crippen LogP contribution in [0.1, 0.15) is 30.1 Å². The summed E-state index contributed by atoms with van der Waals surface area (Å²) in [6, 6.07) is 5.62. The Hall–Kier alpha value is -1.06. The van der Waals surface area contributed by atoms with E-state index in [2.05, 4.69) is 0 Å². The minimum Gasteiger partial charge on any atom is -0.496 e. The second-order valence-electron chi connectivity index (χ2n) is 4.03. The van der Waals surface area contributed by atoms with Gasteiger partial charge in [-0.2, -0.15) is 0 Å². The number of aliphatic hydroxyl groups excluding tert-OH is 1. The van der Waals surface area contributed by atoms with Crippen LogP contribution >= 0.6 is 0 Å². The number of rotatable bonds is 1. The van der Waals surface area contributed by atoms with Gasteiger partial charge in [-0.15, -0.1) is 0 Å². The number of benzene rings is 1. The summed E-state index contributed by atoms with van der Waals surface area (Å²) in [4.78, 5) is 0. The lowest BCUT2D eigenvalue weighted by atomic mass is 9.98. The first-order valence-corrected chi connectivity index (χ1v) is 5.33. The smallest absolute Gasteiger partial charge is 0.122 e. The van der Waals surface area contributed by atoms with E-state index in [9.17, 15) is 5.11 Å². The molecule has 0 radical (unpaired) electrons. The minimum absolute atomic E-state index is 0.154. The van der Waals surface area contributed by atoms with E-state index >= 15 is 0 Å². The van der Waals surface area contributed by atoms with E-state index in [0.29, 0.717) is 0 Å². The van der Waals surface area contributed by atoms with Crippen LogP contribution in [0.25, 0.3) is 0 Å². The Balaban J connectivity index is 2.47. The van der Waals surface area contributed by atoms with Crippen LogP contribution in [0.15, 0.2) is 18.2 Å². The highest BCUT2D eigenvalue weighted by Crippen LogP contribution is 2.33. The van der Waals surface area contributed by atoms with Crippen LogP contribution in [-0.4, -0.2) is 18.3 Å². The lowest BCUT2D eigenvalue weighted by Crippen LogP contribution is -2.27. The van der Waals surface area contributed by atoms with Crippen molar-refractivity contribution in [3.05, 3.63) is 29.3 Å². The molecule has 0 spiro atoms. The molecule has 82 valence electrons. The molecule has 1 aliphatic carbocycles. The van der Waals surface area contributed by atoms with Crippen LogP contribution in [0.5, 0.6) is 5.75 Å². The highest BCUT2D eigenvalue weighted by molar-refractivity contribution is 5.42. The number of methoxy groups -OCH3 is 1. The zero-order valence-electron chi connectivity index (χ0n) is 8.94. The van der Waals surface area contributed by atoms with E-state index in [-0.39, 0.29) is 6.04 Å². The Morgan fingerprint density at radius 3 is 3.00 bits per heavy atom. The third-order valence-electron chi connectivity index (χ3n) is 3.08. The van der Waals surface area contributed by atoms with Gasteiger partial charge in [0.15, 0.2) is 0 Å². The van der Waals surface area contributed by atoms with Gasteiger partial charge in [-0.05, 0) is 36.5 Å². The largest absolute Gasteiger partial charge is 0.496 e. The molecule has 3 nitrogen and oxygen atoms in total. The fraction of sp³-hybridized carbons (Fsp3) is 0.500. The number of hydrogen-bond acceptors (Lipinski definition) is 3. The molecule has 15 heavy (non-hydrogen) atoms. The zero-order chi connectivity index (χ0) is 10.8. The molecule has 1 aliphatic rings. The summed E-state index contributed by atoms with van der Waals surface area (Å²) in [5.74, 6) is 0.862. The molecule has 3 N–H and O–H groups in total. The van der Waals surface area contributed by atoms with Gasteiger partial charge >= 0.3 is 0 Å². The van der Waals surface area contributed by atoms with Crippen molar-refractivity contribution in [1.82, 2.24) is 0 Å². The molecule has 1 aromatic carbocycles. The van der Waals surface area contributed by atoms with E-state index < -0.39 is 6.10 Å². The van der Waals surface area contributed by atoms with Crippen molar-refractivity contribution in [1.29, 1.82) is 0 Å². The molecule has 0 unspecified atom stereocenters. The van der Waals surface area contributed by atoms with Gasteiger partial charge < -0.3 is 15.6 Å². The average Bonchev–Trinajstić information content (AvgIpc) is 2.40. The van der Waals surface area contributed by atoms with Crippen molar-refractivity contribution in [3.8, 4) is 5.75 Å². The summed E-state index contributed by atoms with van der Waals surface area (Å²) in [6.45, 7) is 0. The van der Waals surface area contributed by atoms with Gasteiger partial charge in [0.2, 0.25) is 0 Å². The summed E-state index contributed by atoms with van der Waals surface area (Å²) in [5.41, 5.74) is 7.94. The van der Waals surface area contributed by atoms with Gasteiger partial charge in [0.05, 0.1) is 13.2 Å². The van der Waals surface area contributed by atoms with Gasteiger partial charge in [0.1, 0.15) is 5.75 Å². The van der Waals surface area contributed by atoms with E-state index in [1.807, 2.05) is 18.2 Å². The van der Waals surface area contributed by atoms with Gasteiger partial charge in [0, 0.05) is 6.04 Å². The monoisotopic (exact) mass is 207 g/mol. The predicted molar refractivity (Wildman–Crippen MR) is 58.9 cm³/mol. The quantitative estimate of drug-likeness (QED) is 0.684. The van der Waals surface area contributed by atoms with Gasteiger partial charge in [-0.3, -0.25) is 0 Å². The molecule has 0 heterocycles. The number of nitrogens with two attached hydrogens (primary N) is 1. The second kappa shape index (κ2) is 4.21. The Morgan fingerprint density at radius 2 is 2.27 bits per heavy atom. The molecule has 0 saturated heterocycles. The molecule has 2 rings (SSSR count). The van der Waals surface area contributed by atoms with Crippen LogP contribution in [0.3, 0.4) is 0 Å². The van der Waals surface area contributed by atoms with Gasteiger partial charge in [-0.1, -0.05) is 12.1 Å². The highest BCUT2D eigenvalue weighted by atomic mass is 16.5. The van der Waals surface area contributed by atoms with Crippen molar-refractivity contribution in [2.24, 2.45) is 5.73 Å². The molecule has 3 heteroatoms. The summed E-state index contributed by atoms with van der Waals surface area (Å²) in [7, 11) is 1.66. The van der Waals surface area contributed by atoms with Crippen molar-refractivity contribution in [2.75, 3.05) is 7.11 Å². The van der Waals surface area contributed by atoms with Crippen molar-refractivity contribution < 1.29 is 9.84 Å². The van der Waals surface area contributed by atoms with Crippen molar-refractivity contribution in [2.45, 2.75) is 31.4 Å². The summed E-state index contributed by atoms with van der Waals surface area (Å²) >= 11 is 0. The average molecular weight is 207 g/mol. The standard InChI is InChI=1S/C12H17NO2/c1-15-11-7-3-5-9-8(11)4-2-6-10(13)12(9)14/h3,5,7,10,12,14H,2,4,6,13H2,1H3/t10-,12+/m1/s1. The summed E-state index contributed by atoms with van der Waals surface area (Å²) < 4.78 is 5.30. The minimum atomic E-state index is -0.558. The molecule has 1 aromatic rings. The Labute approximate surface area is 89.9 Å². The normalized spacial score (nSPS) is 25.5. The number of hydrogen-bond donors (Lipinski definition) is 2. The summed E-state index contributed by atoms with van der Waals surface area (Å²) in [5, 5.41) is 10.0. The highest BCUT2D eigenvalue weighted by Gasteiger charge is 2.24. The molecular weight excluding hydrogens is 190 g/mol. The predicted octanol–water partition coefficient (Wildman–Crippen LogP) is 1.39. The van der Waals surface area contributed by atoms with Crippen LogP contribution in [0.4, 0.5) is 0 Å². The van der Waals surface area contributed by atoms with E-state index in [4.69, 9.17) is 10.5 Å². The lowest BCUT2D eigenvalue weighted by Gasteiger charge is -2.18. The van der Waals surface area contributed by atoms with Crippen molar-refractivity contribution >= 4 is 0 Å². The van der Waals surface area contributed by atoms with Crippen LogP contribution < -0.4 is 10.5 Å². The van der Waals surface area contributed by atoms with Crippen molar-refractivity contribution in [3.63, 3.8) is 0 Å². The van der Waals surface area contributed by atoms with E-state index in [1.54, 1.807) is 7.11 Å². The molecule has 0 aromatic heterocycles. The molecule has 2 atom stereocenters. The molecule has 0 saturated carbocycles. The summed E-state index contributed by atoms with van der Waals surface area (Å²) in [6.07, 6.45) is 2.24. The molecule has 0 fully saturated rings. The van der Waals surface area contributed by atoms with E-state index in [0.717, 1.165) is 36.1 Å². The third kappa shape index (κ3) is 1.85. The number of fused-ring (bicyclic) bond motifs is 1. The second-order valence-corrected chi connectivity index (χ2v) is 4.03.